The number of carboxylic acid groups (broad SMARTS) is 1. The van der Waals surface area contributed by atoms with Gasteiger partial charge in [-0.2, -0.15) is 4.98 Å². The largest absolute Gasteiger partial charge is 0.481 e. The Hall–Kier alpha value is -2.92. The minimum absolute atomic E-state index is 0.138. The second-order valence-electron chi connectivity index (χ2n) is 9.63. The number of aliphatic carboxylic acids is 1. The Bertz CT molecular complexity index is 1280. The molecule has 3 heterocycles. The third-order valence-electron chi connectivity index (χ3n) is 6.47. The third-order valence-corrected chi connectivity index (χ3v) is 7.48. The van der Waals surface area contributed by atoms with Gasteiger partial charge in [-0.3, -0.25) is 23.5 Å². The highest BCUT2D eigenvalue weighted by atomic mass is 31.2. The van der Waals surface area contributed by atoms with Crippen LogP contribution in [-0.4, -0.2) is 136 Å². The highest BCUT2D eigenvalue weighted by Crippen LogP contribution is 2.50. The van der Waals surface area contributed by atoms with Crippen LogP contribution in [0, 0.1) is 0 Å². The van der Waals surface area contributed by atoms with Crippen LogP contribution in [0.25, 0.3) is 0 Å². The van der Waals surface area contributed by atoms with Crippen molar-refractivity contribution in [2.45, 2.75) is 73.6 Å². The number of ether oxygens (including phenoxy) is 2. The molecule has 0 bridgehead atoms. The van der Waals surface area contributed by atoms with Gasteiger partial charge in [-0.25, -0.2) is 13.9 Å². The topological polar surface area (TPSA) is 340 Å². The van der Waals surface area contributed by atoms with Crippen molar-refractivity contribution in [2.24, 2.45) is 0 Å². The lowest BCUT2D eigenvalue weighted by molar-refractivity contribution is -0.274. The molecule has 3 rings (SSSR count). The molecular weight excluding hydrogens is 611 g/mol. The quantitative estimate of drug-likeness (QED) is 0.0544. The maximum absolute atomic E-state index is 12.8. The van der Waals surface area contributed by atoms with Crippen molar-refractivity contribution >= 4 is 31.8 Å². The Balaban J connectivity index is 1.76. The number of nitrogens with one attached hydrogen (secondary N) is 1. The molecule has 2 saturated heterocycles. The SMILES string of the molecule is Nc1ccn(C2OC(COP(=O)(O)O[C@@]3(C=O)CC(O)[C@@H](NC(=O)CC(=O)O)C([C@H](O)[C@H](O)CO)O3)[C@@H](O)[C@H]2O)c(=O)n1. The van der Waals surface area contributed by atoms with Gasteiger partial charge in [0.1, 0.15) is 48.9 Å². The first-order valence-electron chi connectivity index (χ1n) is 12.4. The maximum Gasteiger partial charge on any atom is 0.475 e. The summed E-state index contributed by atoms with van der Waals surface area (Å²) in [4.78, 5) is 60.8. The van der Waals surface area contributed by atoms with E-state index in [-0.39, 0.29) is 12.1 Å². The van der Waals surface area contributed by atoms with Crippen molar-refractivity contribution in [1.82, 2.24) is 14.9 Å². The van der Waals surface area contributed by atoms with Gasteiger partial charge in [0.05, 0.1) is 25.4 Å². The molecule has 0 aromatic carbocycles. The normalized spacial score (nSPS) is 33.7. The second-order valence-corrected chi connectivity index (χ2v) is 11.0. The fourth-order valence-electron chi connectivity index (χ4n) is 4.41. The van der Waals surface area contributed by atoms with Gasteiger partial charge in [-0.1, -0.05) is 0 Å². The number of carbonyl (C=O) groups is 3. The average Bonchev–Trinajstić information content (AvgIpc) is 3.20. The molecule has 43 heavy (non-hydrogen) atoms. The van der Waals surface area contributed by atoms with Gasteiger partial charge in [0.2, 0.25) is 11.7 Å². The number of nitrogen functional groups attached to an aromatic ring is 1. The van der Waals surface area contributed by atoms with E-state index >= 15 is 0 Å². The highest BCUT2D eigenvalue weighted by Gasteiger charge is 2.55. The van der Waals surface area contributed by atoms with E-state index in [1.807, 2.05) is 5.32 Å². The molecule has 2 aliphatic heterocycles. The number of carboxylic acids is 1. The van der Waals surface area contributed by atoms with Gasteiger partial charge >= 0.3 is 19.5 Å². The lowest BCUT2D eigenvalue weighted by Gasteiger charge is -2.46. The lowest BCUT2D eigenvalue weighted by Crippen LogP contribution is -2.66. The van der Waals surface area contributed by atoms with Gasteiger partial charge in [0.15, 0.2) is 12.5 Å². The monoisotopic (exact) mass is 642 g/mol. The summed E-state index contributed by atoms with van der Waals surface area (Å²) in [6, 6.07) is -0.516. The second kappa shape index (κ2) is 13.8. The molecule has 0 saturated carbocycles. The molecule has 1 aromatic heterocycles. The first-order chi connectivity index (χ1) is 20.0. The standard InChI is InChI=1S/C21H31N4O17P/c22-11-1-2-25(20(36)23-11)19-17(35)16(34)10(40-19)6-39-43(37,38)42-21(7-27)4-8(28)14(24-12(30)3-13(31)32)18(41-21)15(33)9(29)5-26/h1-2,7-10,14-19,26,28-29,33-35H,3-6H2,(H,24,30)(H,31,32)(H,37,38)(H2,22,23,36)/t8?,9-,10?,14-,15-,16-,17-,18?,19?,21-/m1/s1. The van der Waals surface area contributed by atoms with Crippen LogP contribution in [0.2, 0.25) is 0 Å². The van der Waals surface area contributed by atoms with Gasteiger partial charge in [0, 0.05) is 12.6 Å². The molecule has 22 heteroatoms. The van der Waals surface area contributed by atoms with Crippen LogP contribution < -0.4 is 16.7 Å². The minimum atomic E-state index is -5.43. The molecule has 0 radical (unpaired) electrons. The molecule has 1 amide bonds. The number of aliphatic hydroxyl groups is 6. The lowest BCUT2D eigenvalue weighted by atomic mass is 9.89. The molecule has 2 fully saturated rings. The van der Waals surface area contributed by atoms with E-state index < -0.39 is 112 Å². The van der Waals surface area contributed by atoms with Gasteiger partial charge in [-0.15, -0.1) is 0 Å². The van der Waals surface area contributed by atoms with Crippen LogP contribution in [0.1, 0.15) is 19.1 Å². The number of anilines is 1. The van der Waals surface area contributed by atoms with Crippen LogP contribution in [0.3, 0.4) is 0 Å². The molecule has 0 aliphatic carbocycles. The van der Waals surface area contributed by atoms with Crippen molar-refractivity contribution in [3.8, 4) is 0 Å². The van der Waals surface area contributed by atoms with Crippen molar-refractivity contribution in [3.05, 3.63) is 22.7 Å². The summed E-state index contributed by atoms with van der Waals surface area (Å²) in [6.07, 6.45) is -15.9. The Kier molecular flexibility index (Phi) is 11.1. The van der Waals surface area contributed by atoms with E-state index in [1.54, 1.807) is 0 Å². The first kappa shape index (κ1) is 34.6. The summed E-state index contributed by atoms with van der Waals surface area (Å²) in [7, 11) is -5.43. The van der Waals surface area contributed by atoms with Crippen LogP contribution >= 0.6 is 7.82 Å². The number of aliphatic hydroxyl groups excluding tert-OH is 6. The first-order valence-corrected chi connectivity index (χ1v) is 13.9. The Morgan fingerprint density at radius 3 is 2.56 bits per heavy atom. The number of nitrogens with zero attached hydrogens (tertiary/aromatic N) is 2. The summed E-state index contributed by atoms with van der Waals surface area (Å²) in [5.74, 6) is -5.77. The summed E-state index contributed by atoms with van der Waals surface area (Å²) in [6.45, 7) is -2.07. The summed E-state index contributed by atoms with van der Waals surface area (Å²) in [5.41, 5.74) is 4.46. The number of phosphoric acid groups is 1. The summed E-state index contributed by atoms with van der Waals surface area (Å²) < 4.78 is 33.9. The fraction of sp³-hybridized carbons (Fsp3) is 0.667. The van der Waals surface area contributed by atoms with E-state index in [4.69, 9.17) is 29.4 Å². The molecular formula is C21H31N4O17P. The number of rotatable bonds is 13. The fourth-order valence-corrected chi connectivity index (χ4v) is 5.35. The molecule has 0 spiro atoms. The number of phosphoric ester groups is 1. The van der Waals surface area contributed by atoms with Crippen molar-refractivity contribution in [3.63, 3.8) is 0 Å². The molecule has 11 atom stereocenters. The minimum Gasteiger partial charge on any atom is -0.481 e. The number of amides is 1. The molecule has 5 unspecified atom stereocenters. The third kappa shape index (κ3) is 8.17. The molecule has 2 aliphatic rings. The van der Waals surface area contributed by atoms with Gasteiger partial charge in [-0.05, 0) is 6.07 Å². The number of carbonyl (C=O) groups excluding carboxylic acids is 2. The van der Waals surface area contributed by atoms with Gasteiger partial charge in [0.25, 0.3) is 0 Å². The predicted molar refractivity (Wildman–Crippen MR) is 133 cm³/mol. The molecule has 242 valence electrons. The number of nitrogens with two attached hydrogens (primary N) is 1. The summed E-state index contributed by atoms with van der Waals surface area (Å²) in [5, 5.41) is 71.7. The molecule has 21 nitrogen and oxygen atoms in total. The zero-order valence-corrected chi connectivity index (χ0v) is 22.8. The van der Waals surface area contributed by atoms with Crippen molar-refractivity contribution in [2.75, 3.05) is 18.9 Å². The summed E-state index contributed by atoms with van der Waals surface area (Å²) >= 11 is 0. The Morgan fingerprint density at radius 2 is 1.98 bits per heavy atom. The Labute approximate surface area is 240 Å². The Morgan fingerprint density at radius 1 is 1.30 bits per heavy atom. The van der Waals surface area contributed by atoms with E-state index in [9.17, 15) is 59.3 Å². The van der Waals surface area contributed by atoms with E-state index in [0.29, 0.717) is 0 Å². The highest BCUT2D eigenvalue weighted by molar-refractivity contribution is 7.47. The van der Waals surface area contributed by atoms with E-state index in [0.717, 1.165) is 10.8 Å². The van der Waals surface area contributed by atoms with Crippen LogP contribution in [0.4, 0.5) is 5.82 Å². The number of hydrogen-bond donors (Lipinski definition) is 10. The van der Waals surface area contributed by atoms with Gasteiger partial charge < -0.3 is 61.2 Å². The van der Waals surface area contributed by atoms with Crippen LogP contribution in [0.5, 0.6) is 0 Å². The average molecular weight is 642 g/mol. The van der Waals surface area contributed by atoms with Crippen LogP contribution in [-0.2, 0) is 37.5 Å². The molecule has 11 N–H and O–H groups in total. The van der Waals surface area contributed by atoms with Crippen molar-refractivity contribution in [1.29, 1.82) is 0 Å². The molecule has 1 aromatic rings. The zero-order valence-electron chi connectivity index (χ0n) is 21.9. The van der Waals surface area contributed by atoms with Crippen LogP contribution in [0.15, 0.2) is 17.1 Å². The number of aldehydes is 1. The zero-order chi connectivity index (χ0) is 32.3. The smallest absolute Gasteiger partial charge is 0.475 e. The number of aromatic nitrogens is 2. The predicted octanol–water partition coefficient (Wildman–Crippen LogP) is -5.70. The van der Waals surface area contributed by atoms with Crippen molar-refractivity contribution < 1.29 is 78.1 Å². The van der Waals surface area contributed by atoms with E-state index in [1.165, 1.54) is 6.07 Å². The number of hydrogen-bond acceptors (Lipinski definition) is 17. The maximum atomic E-state index is 12.8. The van der Waals surface area contributed by atoms with E-state index in [2.05, 4.69) is 4.98 Å².